The molecule has 4 heteroatoms. The second kappa shape index (κ2) is 6.89. The quantitative estimate of drug-likeness (QED) is 0.869. The zero-order valence-corrected chi connectivity index (χ0v) is 14.2. The molecule has 1 unspecified atom stereocenters. The van der Waals surface area contributed by atoms with Crippen molar-refractivity contribution in [1.82, 2.24) is 0 Å². The van der Waals surface area contributed by atoms with Gasteiger partial charge in [-0.1, -0.05) is 36.4 Å². The third-order valence-corrected chi connectivity index (χ3v) is 5.06. The van der Waals surface area contributed by atoms with Gasteiger partial charge in [-0.05, 0) is 43.4 Å². The van der Waals surface area contributed by atoms with Crippen molar-refractivity contribution in [3.63, 3.8) is 0 Å². The van der Waals surface area contributed by atoms with Crippen molar-refractivity contribution >= 4 is 11.6 Å². The SMILES string of the molecule is O=C(Nc1cccc(OCC2CCCO2)c1)C1(c2ccccc2)CC1. The molecule has 4 nitrogen and oxygen atoms in total. The molecule has 0 spiro atoms. The van der Waals surface area contributed by atoms with Crippen LogP contribution in [0.2, 0.25) is 0 Å². The van der Waals surface area contributed by atoms with Crippen LogP contribution in [0, 0.1) is 0 Å². The number of anilines is 1. The molecule has 1 saturated carbocycles. The van der Waals surface area contributed by atoms with E-state index < -0.39 is 0 Å². The number of benzene rings is 2. The Balaban J connectivity index is 1.40. The maximum atomic E-state index is 12.8. The largest absolute Gasteiger partial charge is 0.491 e. The minimum atomic E-state index is -0.365. The predicted molar refractivity (Wildman–Crippen MR) is 96.9 cm³/mol. The summed E-state index contributed by atoms with van der Waals surface area (Å²) in [7, 11) is 0. The second-order valence-corrected chi connectivity index (χ2v) is 6.88. The van der Waals surface area contributed by atoms with E-state index in [-0.39, 0.29) is 17.4 Å². The molecule has 1 saturated heterocycles. The summed E-state index contributed by atoms with van der Waals surface area (Å²) < 4.78 is 11.4. The summed E-state index contributed by atoms with van der Waals surface area (Å²) in [5, 5.41) is 3.06. The van der Waals surface area contributed by atoms with Gasteiger partial charge < -0.3 is 14.8 Å². The molecule has 0 radical (unpaired) electrons. The van der Waals surface area contributed by atoms with Crippen LogP contribution in [0.25, 0.3) is 0 Å². The number of amides is 1. The highest BCUT2D eigenvalue weighted by molar-refractivity contribution is 6.01. The van der Waals surface area contributed by atoms with Crippen molar-refractivity contribution in [3.05, 3.63) is 60.2 Å². The van der Waals surface area contributed by atoms with Gasteiger partial charge in [0, 0.05) is 18.4 Å². The summed E-state index contributed by atoms with van der Waals surface area (Å²) in [5.74, 6) is 0.827. The van der Waals surface area contributed by atoms with Gasteiger partial charge in [0.25, 0.3) is 0 Å². The number of carbonyl (C=O) groups is 1. The lowest BCUT2D eigenvalue weighted by molar-refractivity contribution is -0.118. The average Bonchev–Trinajstić information content (AvgIpc) is 3.30. The Bertz CT molecular complexity index is 734. The van der Waals surface area contributed by atoms with Crippen LogP contribution < -0.4 is 10.1 Å². The fourth-order valence-electron chi connectivity index (χ4n) is 3.41. The van der Waals surface area contributed by atoms with Gasteiger partial charge in [0.15, 0.2) is 0 Å². The van der Waals surface area contributed by atoms with Crippen molar-refractivity contribution in [2.45, 2.75) is 37.2 Å². The second-order valence-electron chi connectivity index (χ2n) is 6.88. The third kappa shape index (κ3) is 3.54. The first-order valence-corrected chi connectivity index (χ1v) is 8.98. The van der Waals surface area contributed by atoms with Gasteiger partial charge in [-0.2, -0.15) is 0 Å². The first-order valence-electron chi connectivity index (χ1n) is 8.98. The summed E-state index contributed by atoms with van der Waals surface area (Å²) in [6.45, 7) is 1.39. The lowest BCUT2D eigenvalue weighted by atomic mass is 9.95. The first-order chi connectivity index (χ1) is 12.3. The van der Waals surface area contributed by atoms with Crippen LogP contribution in [0.5, 0.6) is 5.75 Å². The van der Waals surface area contributed by atoms with Crippen LogP contribution in [0.1, 0.15) is 31.2 Å². The minimum absolute atomic E-state index is 0.0648. The molecule has 2 aromatic rings. The Kier molecular flexibility index (Phi) is 4.45. The number of rotatable bonds is 6. The molecule has 2 fully saturated rings. The monoisotopic (exact) mass is 337 g/mol. The van der Waals surface area contributed by atoms with E-state index in [1.807, 2.05) is 54.6 Å². The maximum absolute atomic E-state index is 12.8. The molecule has 2 aliphatic rings. The Morgan fingerprint density at radius 1 is 1.16 bits per heavy atom. The molecule has 2 aromatic carbocycles. The van der Waals surface area contributed by atoms with Gasteiger partial charge in [0.2, 0.25) is 5.91 Å². The van der Waals surface area contributed by atoms with Crippen molar-refractivity contribution < 1.29 is 14.3 Å². The molecular weight excluding hydrogens is 314 g/mol. The first kappa shape index (κ1) is 16.2. The van der Waals surface area contributed by atoms with Crippen LogP contribution >= 0.6 is 0 Å². The van der Waals surface area contributed by atoms with Crippen LogP contribution in [0.15, 0.2) is 54.6 Å². The maximum Gasteiger partial charge on any atom is 0.235 e. The smallest absolute Gasteiger partial charge is 0.235 e. The van der Waals surface area contributed by atoms with E-state index >= 15 is 0 Å². The molecule has 1 atom stereocenters. The van der Waals surface area contributed by atoms with E-state index in [4.69, 9.17) is 9.47 Å². The number of hydrogen-bond donors (Lipinski definition) is 1. The molecule has 0 bridgehead atoms. The normalized spacial score (nSPS) is 20.9. The van der Waals surface area contributed by atoms with Crippen LogP contribution in [0.3, 0.4) is 0 Å². The number of ether oxygens (including phenoxy) is 2. The zero-order valence-electron chi connectivity index (χ0n) is 14.2. The Hall–Kier alpha value is -2.33. The van der Waals surface area contributed by atoms with Gasteiger partial charge in [0.1, 0.15) is 12.4 Å². The number of hydrogen-bond acceptors (Lipinski definition) is 3. The lowest BCUT2D eigenvalue weighted by Crippen LogP contribution is -2.27. The molecular formula is C21H23NO3. The van der Waals surface area contributed by atoms with E-state index in [2.05, 4.69) is 5.32 Å². The summed E-state index contributed by atoms with van der Waals surface area (Å²) in [6.07, 6.45) is 4.14. The molecule has 1 N–H and O–H groups in total. The highest BCUT2D eigenvalue weighted by Gasteiger charge is 2.51. The van der Waals surface area contributed by atoms with Gasteiger partial charge >= 0.3 is 0 Å². The minimum Gasteiger partial charge on any atom is -0.491 e. The van der Waals surface area contributed by atoms with Crippen LogP contribution in [-0.4, -0.2) is 25.2 Å². The van der Waals surface area contributed by atoms with E-state index in [0.29, 0.717) is 6.61 Å². The summed E-state index contributed by atoms with van der Waals surface area (Å²) >= 11 is 0. The summed E-state index contributed by atoms with van der Waals surface area (Å²) in [4.78, 5) is 12.8. The molecule has 1 heterocycles. The highest BCUT2D eigenvalue weighted by Crippen LogP contribution is 2.48. The average molecular weight is 337 g/mol. The van der Waals surface area contributed by atoms with Gasteiger partial charge in [-0.3, -0.25) is 4.79 Å². The van der Waals surface area contributed by atoms with Gasteiger partial charge in [0.05, 0.1) is 11.5 Å². The summed E-state index contributed by atoms with van der Waals surface area (Å²) in [5.41, 5.74) is 1.51. The van der Waals surface area contributed by atoms with Crippen molar-refractivity contribution in [3.8, 4) is 5.75 Å². The molecule has 1 aliphatic heterocycles. The highest BCUT2D eigenvalue weighted by atomic mass is 16.5. The molecule has 1 aliphatic carbocycles. The molecule has 25 heavy (non-hydrogen) atoms. The number of carbonyl (C=O) groups excluding carboxylic acids is 1. The van der Waals surface area contributed by atoms with Crippen molar-refractivity contribution in [2.24, 2.45) is 0 Å². The Morgan fingerprint density at radius 2 is 2.00 bits per heavy atom. The molecule has 0 aromatic heterocycles. The van der Waals surface area contributed by atoms with E-state index in [9.17, 15) is 4.79 Å². The van der Waals surface area contributed by atoms with E-state index in [1.54, 1.807) is 0 Å². The molecule has 4 rings (SSSR count). The summed E-state index contributed by atoms with van der Waals surface area (Å²) in [6, 6.07) is 17.6. The van der Waals surface area contributed by atoms with Crippen LogP contribution in [0.4, 0.5) is 5.69 Å². The van der Waals surface area contributed by atoms with Crippen LogP contribution in [-0.2, 0) is 14.9 Å². The Labute approximate surface area is 148 Å². The predicted octanol–water partition coefficient (Wildman–Crippen LogP) is 3.91. The zero-order chi connectivity index (χ0) is 17.1. The fraction of sp³-hybridized carbons (Fsp3) is 0.381. The van der Waals surface area contributed by atoms with E-state index in [0.717, 1.165) is 49.3 Å². The lowest BCUT2D eigenvalue weighted by Gasteiger charge is -2.17. The third-order valence-electron chi connectivity index (χ3n) is 5.06. The fourth-order valence-corrected chi connectivity index (χ4v) is 3.41. The van der Waals surface area contributed by atoms with Gasteiger partial charge in [-0.25, -0.2) is 0 Å². The molecule has 1 amide bonds. The van der Waals surface area contributed by atoms with Crippen molar-refractivity contribution in [1.29, 1.82) is 0 Å². The van der Waals surface area contributed by atoms with Crippen molar-refractivity contribution in [2.75, 3.05) is 18.5 Å². The van der Waals surface area contributed by atoms with E-state index in [1.165, 1.54) is 0 Å². The topological polar surface area (TPSA) is 47.6 Å². The molecule has 130 valence electrons. The van der Waals surface area contributed by atoms with Gasteiger partial charge in [-0.15, -0.1) is 0 Å². The standard InChI is InChI=1S/C21H23NO3/c23-20(21(11-12-21)16-6-2-1-3-7-16)22-17-8-4-9-18(14-17)25-15-19-10-5-13-24-19/h1-4,6-9,14,19H,5,10-13,15H2,(H,22,23). The number of nitrogens with one attached hydrogen (secondary N) is 1. The Morgan fingerprint density at radius 3 is 2.72 bits per heavy atom.